The van der Waals surface area contributed by atoms with Crippen molar-refractivity contribution in [2.24, 2.45) is 0 Å². The van der Waals surface area contributed by atoms with E-state index in [-0.39, 0.29) is 0 Å². The van der Waals surface area contributed by atoms with Gasteiger partial charge in [-0.3, -0.25) is 0 Å². The second-order valence-electron chi connectivity index (χ2n) is 9.70. The third-order valence-corrected chi connectivity index (χ3v) is 7.36. The molecule has 0 bridgehead atoms. The Labute approximate surface area is 207 Å². The van der Waals surface area contributed by atoms with Crippen molar-refractivity contribution in [1.29, 1.82) is 0 Å². The predicted molar refractivity (Wildman–Crippen MR) is 145 cm³/mol. The number of hydrogen-bond acceptors (Lipinski definition) is 1. The smallest absolute Gasteiger partial charge is 0.0223 e. The maximum absolute atomic E-state index is 5.73. The van der Waals surface area contributed by atoms with Crippen LogP contribution in [0.3, 0.4) is 0 Å². The summed E-state index contributed by atoms with van der Waals surface area (Å²) in [7, 11) is 0. The van der Waals surface area contributed by atoms with E-state index >= 15 is 0 Å². The second-order valence-corrected chi connectivity index (χ2v) is 10.5. The zero-order valence-corrected chi connectivity index (χ0v) is 22.9. The van der Waals surface area contributed by atoms with Crippen molar-refractivity contribution >= 4 is 23.2 Å². The molecule has 2 unspecified atom stereocenters. The van der Waals surface area contributed by atoms with E-state index < -0.39 is 0 Å². The van der Waals surface area contributed by atoms with Crippen LogP contribution in [0.25, 0.3) is 0 Å². The first-order valence-electron chi connectivity index (χ1n) is 14.2. The molecule has 31 heavy (non-hydrogen) atoms. The Bertz CT molecular complexity index is 294. The van der Waals surface area contributed by atoms with Crippen molar-refractivity contribution in [3.63, 3.8) is 0 Å². The fraction of sp³-hybridized carbons (Fsp3) is 1.00. The van der Waals surface area contributed by atoms with Gasteiger partial charge in [-0.15, -0.1) is 23.2 Å². The van der Waals surface area contributed by atoms with Crippen LogP contribution in [-0.4, -0.2) is 23.8 Å². The minimum absolute atomic E-state index is 0.730. The van der Waals surface area contributed by atoms with Crippen LogP contribution in [0, 0.1) is 0 Å². The lowest BCUT2D eigenvalue weighted by Gasteiger charge is -2.24. The van der Waals surface area contributed by atoms with E-state index in [1.54, 1.807) is 0 Å². The molecule has 188 valence electrons. The average Bonchev–Trinajstić information content (AvgIpc) is 2.79. The Kier molecular flexibility index (Phi) is 27.3. The van der Waals surface area contributed by atoms with E-state index in [1.165, 1.54) is 141 Å². The third kappa shape index (κ3) is 23.5. The standard InChI is InChI=1S/C28H57Cl2N/c1-3-27(23-19-15-11-7-5-9-13-17-21-25-29)31-28(4-2)24-20-16-12-8-6-10-14-18-22-26-30/h27-28,31H,3-26H2,1-2H3. The first-order chi connectivity index (χ1) is 15.3. The van der Waals surface area contributed by atoms with Crippen molar-refractivity contribution in [2.45, 2.75) is 167 Å². The van der Waals surface area contributed by atoms with E-state index in [2.05, 4.69) is 19.2 Å². The lowest BCUT2D eigenvalue weighted by Crippen LogP contribution is -2.37. The fourth-order valence-electron chi connectivity index (χ4n) is 4.59. The van der Waals surface area contributed by atoms with E-state index in [1.807, 2.05) is 0 Å². The molecular weight excluding hydrogens is 421 g/mol. The van der Waals surface area contributed by atoms with Crippen LogP contribution in [0.5, 0.6) is 0 Å². The number of rotatable bonds is 26. The molecule has 0 spiro atoms. The molecule has 0 radical (unpaired) electrons. The molecule has 0 heterocycles. The van der Waals surface area contributed by atoms with Gasteiger partial charge in [-0.05, 0) is 38.5 Å². The molecule has 0 aliphatic rings. The van der Waals surface area contributed by atoms with Crippen LogP contribution in [0.2, 0.25) is 0 Å². The van der Waals surface area contributed by atoms with Gasteiger partial charge < -0.3 is 5.32 Å². The number of nitrogens with one attached hydrogen (secondary N) is 1. The summed E-state index contributed by atoms with van der Waals surface area (Å²) in [6.07, 6.45) is 30.1. The quantitative estimate of drug-likeness (QED) is 0.0963. The van der Waals surface area contributed by atoms with Gasteiger partial charge in [-0.25, -0.2) is 0 Å². The zero-order chi connectivity index (χ0) is 22.8. The van der Waals surface area contributed by atoms with Crippen LogP contribution in [0.15, 0.2) is 0 Å². The lowest BCUT2D eigenvalue weighted by atomic mass is 9.99. The number of hydrogen-bond donors (Lipinski definition) is 1. The van der Waals surface area contributed by atoms with Crippen LogP contribution in [0.1, 0.15) is 155 Å². The Morgan fingerprint density at radius 3 is 0.935 bits per heavy atom. The highest BCUT2D eigenvalue weighted by molar-refractivity contribution is 6.18. The zero-order valence-electron chi connectivity index (χ0n) is 21.4. The van der Waals surface area contributed by atoms with Crippen molar-refractivity contribution in [1.82, 2.24) is 5.32 Å². The highest BCUT2D eigenvalue weighted by atomic mass is 35.5. The predicted octanol–water partition coefficient (Wildman–Crippen LogP) is 10.4. The fourth-order valence-corrected chi connectivity index (χ4v) is 4.97. The first kappa shape index (κ1) is 31.5. The van der Waals surface area contributed by atoms with E-state index in [9.17, 15) is 0 Å². The van der Waals surface area contributed by atoms with E-state index in [0.717, 1.165) is 23.8 Å². The molecule has 1 nitrogen and oxygen atoms in total. The van der Waals surface area contributed by atoms with Gasteiger partial charge in [0.05, 0.1) is 0 Å². The van der Waals surface area contributed by atoms with Gasteiger partial charge in [0.25, 0.3) is 0 Å². The molecular formula is C28H57Cl2N. The molecule has 0 aromatic heterocycles. The third-order valence-electron chi connectivity index (χ3n) is 6.83. The molecule has 0 aliphatic heterocycles. The van der Waals surface area contributed by atoms with E-state index in [4.69, 9.17) is 23.2 Å². The molecule has 0 saturated heterocycles. The first-order valence-corrected chi connectivity index (χ1v) is 15.2. The Hall–Kier alpha value is 0.540. The van der Waals surface area contributed by atoms with Crippen LogP contribution in [0.4, 0.5) is 0 Å². The van der Waals surface area contributed by atoms with Crippen molar-refractivity contribution in [2.75, 3.05) is 11.8 Å². The van der Waals surface area contributed by atoms with Crippen molar-refractivity contribution < 1.29 is 0 Å². The maximum Gasteiger partial charge on any atom is 0.0223 e. The van der Waals surface area contributed by atoms with Crippen LogP contribution < -0.4 is 5.32 Å². The number of halogens is 2. The summed E-state index contributed by atoms with van der Waals surface area (Å²) in [5.74, 6) is 1.67. The summed E-state index contributed by atoms with van der Waals surface area (Å²) in [6.45, 7) is 4.72. The summed E-state index contributed by atoms with van der Waals surface area (Å²) in [5.41, 5.74) is 0. The average molecular weight is 479 g/mol. The summed E-state index contributed by atoms with van der Waals surface area (Å²) in [4.78, 5) is 0. The second kappa shape index (κ2) is 26.8. The molecule has 0 aliphatic carbocycles. The van der Waals surface area contributed by atoms with Gasteiger partial charge in [0.2, 0.25) is 0 Å². The van der Waals surface area contributed by atoms with E-state index in [0.29, 0.717) is 0 Å². The van der Waals surface area contributed by atoms with Crippen LogP contribution >= 0.6 is 23.2 Å². The van der Waals surface area contributed by atoms with Gasteiger partial charge in [-0.1, -0.05) is 117 Å². The molecule has 0 fully saturated rings. The largest absolute Gasteiger partial charge is 0.311 e. The summed E-state index contributed by atoms with van der Waals surface area (Å²) >= 11 is 11.5. The van der Waals surface area contributed by atoms with Gasteiger partial charge in [0, 0.05) is 23.8 Å². The number of alkyl halides is 2. The lowest BCUT2D eigenvalue weighted by molar-refractivity contribution is 0.356. The minimum Gasteiger partial charge on any atom is -0.311 e. The molecule has 0 aromatic carbocycles. The maximum atomic E-state index is 5.73. The Morgan fingerprint density at radius 2 is 0.677 bits per heavy atom. The van der Waals surface area contributed by atoms with Gasteiger partial charge in [0.1, 0.15) is 0 Å². The molecule has 0 amide bonds. The molecule has 1 N–H and O–H groups in total. The Morgan fingerprint density at radius 1 is 0.419 bits per heavy atom. The van der Waals surface area contributed by atoms with Gasteiger partial charge in [0.15, 0.2) is 0 Å². The minimum atomic E-state index is 0.730. The highest BCUT2D eigenvalue weighted by Gasteiger charge is 2.12. The SMILES string of the molecule is CCC(CCCCCCCCCCCCl)NC(CC)CCCCCCCCCCCCl. The summed E-state index contributed by atoms with van der Waals surface area (Å²) < 4.78 is 0. The van der Waals surface area contributed by atoms with Crippen molar-refractivity contribution in [3.8, 4) is 0 Å². The topological polar surface area (TPSA) is 12.0 Å². The highest BCUT2D eigenvalue weighted by Crippen LogP contribution is 2.16. The molecule has 0 saturated carbocycles. The van der Waals surface area contributed by atoms with Gasteiger partial charge >= 0.3 is 0 Å². The van der Waals surface area contributed by atoms with Crippen molar-refractivity contribution in [3.05, 3.63) is 0 Å². The molecule has 0 rings (SSSR count). The monoisotopic (exact) mass is 477 g/mol. The molecule has 0 aromatic rings. The normalized spacial score (nSPS) is 13.5. The summed E-state index contributed by atoms with van der Waals surface area (Å²) in [6, 6.07) is 1.46. The molecule has 2 atom stereocenters. The molecule has 3 heteroatoms. The van der Waals surface area contributed by atoms with Crippen LogP contribution in [-0.2, 0) is 0 Å². The summed E-state index contributed by atoms with van der Waals surface area (Å²) in [5, 5.41) is 3.99. The number of unbranched alkanes of at least 4 members (excludes halogenated alkanes) is 16. The Balaban J connectivity index is 3.59. The van der Waals surface area contributed by atoms with Gasteiger partial charge in [-0.2, -0.15) is 0 Å².